The third-order valence-electron chi connectivity index (χ3n) is 4.78. The summed E-state index contributed by atoms with van der Waals surface area (Å²) >= 11 is 0. The summed E-state index contributed by atoms with van der Waals surface area (Å²) in [6.07, 6.45) is 0. The highest BCUT2D eigenvalue weighted by Gasteiger charge is 2.09. The molecule has 0 spiro atoms. The molecule has 0 fully saturated rings. The fraction of sp³-hybridized carbons (Fsp3) is 0.115. The highest BCUT2D eigenvalue weighted by atomic mass is 16.1. The number of benzene rings is 3. The fourth-order valence-corrected chi connectivity index (χ4v) is 3.52. The van der Waals surface area contributed by atoms with Crippen molar-refractivity contribution in [2.75, 3.05) is 10.6 Å². The fourth-order valence-electron chi connectivity index (χ4n) is 3.52. The third-order valence-corrected chi connectivity index (χ3v) is 4.78. The Balaban J connectivity index is 1.55. The summed E-state index contributed by atoms with van der Waals surface area (Å²) in [6.45, 7) is 5.90. The quantitative estimate of drug-likeness (QED) is 0.421. The van der Waals surface area contributed by atoms with Gasteiger partial charge in [-0.1, -0.05) is 42.5 Å². The molecule has 1 heterocycles. The van der Waals surface area contributed by atoms with Gasteiger partial charge < -0.3 is 10.6 Å². The largest absolute Gasteiger partial charge is 0.340 e. The molecule has 2 N–H and O–H groups in total. The van der Waals surface area contributed by atoms with Gasteiger partial charge in [0.2, 0.25) is 0 Å². The van der Waals surface area contributed by atoms with E-state index >= 15 is 0 Å². The molecule has 0 saturated heterocycles. The molecule has 0 radical (unpaired) electrons. The Morgan fingerprint density at radius 1 is 0.742 bits per heavy atom. The topological polar surface area (TPSA) is 66.9 Å². The maximum atomic E-state index is 12.8. The number of aryl methyl sites for hydroxylation is 3. The predicted molar refractivity (Wildman–Crippen MR) is 126 cm³/mol. The zero-order valence-electron chi connectivity index (χ0n) is 17.8. The lowest BCUT2D eigenvalue weighted by Gasteiger charge is -2.11. The molecule has 31 heavy (non-hydrogen) atoms. The van der Waals surface area contributed by atoms with E-state index in [0.29, 0.717) is 17.2 Å². The van der Waals surface area contributed by atoms with E-state index in [-0.39, 0.29) is 5.91 Å². The Morgan fingerprint density at radius 3 is 2.23 bits per heavy atom. The van der Waals surface area contributed by atoms with Gasteiger partial charge in [-0.25, -0.2) is 9.97 Å². The van der Waals surface area contributed by atoms with Crippen molar-refractivity contribution in [3.63, 3.8) is 0 Å². The zero-order valence-corrected chi connectivity index (χ0v) is 17.8. The molecule has 0 aliphatic carbocycles. The minimum atomic E-state index is -0.155. The molecule has 0 aliphatic rings. The van der Waals surface area contributed by atoms with Gasteiger partial charge in [0.25, 0.3) is 5.91 Å². The van der Waals surface area contributed by atoms with Crippen LogP contribution in [0.2, 0.25) is 0 Å². The second-order valence-electron chi connectivity index (χ2n) is 7.59. The van der Waals surface area contributed by atoms with Crippen LogP contribution in [-0.2, 0) is 0 Å². The molecule has 0 atom stereocenters. The first-order valence-corrected chi connectivity index (χ1v) is 10.1. The Bertz CT molecular complexity index is 1220. The van der Waals surface area contributed by atoms with Crippen molar-refractivity contribution in [1.82, 2.24) is 9.97 Å². The molecule has 5 nitrogen and oxygen atoms in total. The van der Waals surface area contributed by atoms with Crippen LogP contribution in [0, 0.1) is 20.8 Å². The summed E-state index contributed by atoms with van der Waals surface area (Å²) in [5, 5.41) is 6.28. The van der Waals surface area contributed by atoms with Crippen LogP contribution in [0.5, 0.6) is 0 Å². The first kappa shape index (κ1) is 20.3. The molecule has 1 aromatic heterocycles. The molecule has 5 heteroatoms. The van der Waals surface area contributed by atoms with E-state index in [1.54, 1.807) is 6.07 Å². The number of anilines is 3. The number of carbonyl (C=O) groups is 1. The first-order chi connectivity index (χ1) is 15.0. The van der Waals surface area contributed by atoms with Crippen LogP contribution in [0.4, 0.5) is 17.2 Å². The smallest absolute Gasteiger partial charge is 0.255 e. The standard InChI is InChI=1S/C26H24N4O/c1-17-12-18(2)14-23(13-17)30-26(31)21-10-7-11-22(15-21)29-25-16-24(27-19(3)28-25)20-8-5-4-6-9-20/h4-16H,1-3H3,(H,30,31)(H,27,28,29). The van der Waals surface area contributed by atoms with Gasteiger partial charge >= 0.3 is 0 Å². The molecule has 1 amide bonds. The van der Waals surface area contributed by atoms with Gasteiger partial charge in [-0.2, -0.15) is 0 Å². The number of nitrogens with zero attached hydrogens (tertiary/aromatic N) is 2. The molecular weight excluding hydrogens is 384 g/mol. The molecule has 0 saturated carbocycles. The number of hydrogen-bond donors (Lipinski definition) is 2. The Morgan fingerprint density at radius 2 is 1.48 bits per heavy atom. The second kappa shape index (κ2) is 8.79. The summed E-state index contributed by atoms with van der Waals surface area (Å²) in [5.74, 6) is 1.20. The minimum Gasteiger partial charge on any atom is -0.340 e. The molecule has 0 bridgehead atoms. The molecule has 0 unspecified atom stereocenters. The number of amides is 1. The van der Waals surface area contributed by atoms with Crippen molar-refractivity contribution in [3.05, 3.63) is 101 Å². The number of hydrogen-bond acceptors (Lipinski definition) is 4. The van der Waals surface area contributed by atoms with Crippen molar-refractivity contribution >= 4 is 23.1 Å². The molecule has 3 aromatic carbocycles. The number of aromatic nitrogens is 2. The van der Waals surface area contributed by atoms with Crippen molar-refractivity contribution in [2.45, 2.75) is 20.8 Å². The lowest BCUT2D eigenvalue weighted by molar-refractivity contribution is 0.102. The van der Waals surface area contributed by atoms with Crippen LogP contribution in [-0.4, -0.2) is 15.9 Å². The predicted octanol–water partition coefficient (Wildman–Crippen LogP) is 6.06. The monoisotopic (exact) mass is 408 g/mol. The Kier molecular flexibility index (Phi) is 5.76. The number of rotatable bonds is 5. The maximum absolute atomic E-state index is 12.8. The van der Waals surface area contributed by atoms with Crippen LogP contribution >= 0.6 is 0 Å². The third kappa shape index (κ3) is 5.14. The Labute approximate surface area is 182 Å². The second-order valence-corrected chi connectivity index (χ2v) is 7.59. The van der Waals surface area contributed by atoms with Gasteiger partial charge in [0.15, 0.2) is 0 Å². The van der Waals surface area contributed by atoms with Gasteiger partial charge in [-0.3, -0.25) is 4.79 Å². The summed E-state index contributed by atoms with van der Waals surface area (Å²) < 4.78 is 0. The lowest BCUT2D eigenvalue weighted by Crippen LogP contribution is -2.12. The average molecular weight is 409 g/mol. The van der Waals surface area contributed by atoms with Gasteiger partial charge in [-0.15, -0.1) is 0 Å². The van der Waals surface area contributed by atoms with Crippen LogP contribution in [0.3, 0.4) is 0 Å². The molecule has 154 valence electrons. The van der Waals surface area contributed by atoms with E-state index in [4.69, 9.17) is 0 Å². The molecule has 4 rings (SSSR count). The highest BCUT2D eigenvalue weighted by Crippen LogP contribution is 2.23. The molecule has 4 aromatic rings. The maximum Gasteiger partial charge on any atom is 0.255 e. The van der Waals surface area contributed by atoms with Crippen LogP contribution < -0.4 is 10.6 Å². The Hall–Kier alpha value is -3.99. The van der Waals surface area contributed by atoms with Crippen molar-refractivity contribution in [3.8, 4) is 11.3 Å². The van der Waals surface area contributed by atoms with E-state index in [9.17, 15) is 4.79 Å². The van der Waals surface area contributed by atoms with Gasteiger partial charge in [0.05, 0.1) is 5.69 Å². The number of carbonyl (C=O) groups excluding carboxylic acids is 1. The summed E-state index contributed by atoms with van der Waals surface area (Å²) in [7, 11) is 0. The first-order valence-electron chi connectivity index (χ1n) is 10.1. The van der Waals surface area contributed by atoms with Gasteiger partial charge in [-0.05, 0) is 62.2 Å². The molecular formula is C26H24N4O. The summed E-state index contributed by atoms with van der Waals surface area (Å²) in [6, 6.07) is 25.3. The van der Waals surface area contributed by atoms with Crippen LogP contribution in [0.15, 0.2) is 78.9 Å². The lowest BCUT2D eigenvalue weighted by atomic mass is 10.1. The van der Waals surface area contributed by atoms with Crippen LogP contribution in [0.1, 0.15) is 27.3 Å². The van der Waals surface area contributed by atoms with E-state index in [0.717, 1.165) is 33.8 Å². The number of nitrogens with one attached hydrogen (secondary N) is 2. The normalized spacial score (nSPS) is 10.5. The highest BCUT2D eigenvalue weighted by molar-refractivity contribution is 6.05. The summed E-state index contributed by atoms with van der Waals surface area (Å²) in [4.78, 5) is 21.8. The van der Waals surface area contributed by atoms with Gasteiger partial charge in [0, 0.05) is 28.6 Å². The van der Waals surface area contributed by atoms with E-state index in [1.807, 2.05) is 87.5 Å². The SMILES string of the molecule is Cc1cc(C)cc(NC(=O)c2cccc(Nc3cc(-c4ccccc4)nc(C)n3)c2)c1. The minimum absolute atomic E-state index is 0.155. The van der Waals surface area contributed by atoms with Crippen molar-refractivity contribution in [1.29, 1.82) is 0 Å². The van der Waals surface area contributed by atoms with Crippen molar-refractivity contribution < 1.29 is 4.79 Å². The van der Waals surface area contributed by atoms with Crippen molar-refractivity contribution in [2.24, 2.45) is 0 Å². The average Bonchev–Trinajstić information content (AvgIpc) is 2.73. The van der Waals surface area contributed by atoms with E-state index in [2.05, 4.69) is 26.7 Å². The van der Waals surface area contributed by atoms with E-state index < -0.39 is 0 Å². The van der Waals surface area contributed by atoms with Crippen LogP contribution in [0.25, 0.3) is 11.3 Å². The summed E-state index contributed by atoms with van der Waals surface area (Å²) in [5.41, 5.74) is 6.23. The van der Waals surface area contributed by atoms with Gasteiger partial charge in [0.1, 0.15) is 11.6 Å². The molecule has 0 aliphatic heterocycles. The van der Waals surface area contributed by atoms with E-state index in [1.165, 1.54) is 0 Å². The zero-order chi connectivity index (χ0) is 21.8.